The number of aromatic nitrogens is 3. The van der Waals surface area contributed by atoms with Crippen molar-refractivity contribution >= 4 is 51.0 Å². The predicted molar refractivity (Wildman–Crippen MR) is 107 cm³/mol. The molecule has 0 aliphatic heterocycles. The number of ether oxygens (including phenoxy) is 1. The quantitative estimate of drug-likeness (QED) is 0.471. The van der Waals surface area contributed by atoms with Gasteiger partial charge in [-0.15, -0.1) is 22.7 Å². The van der Waals surface area contributed by atoms with E-state index in [1.807, 2.05) is 16.8 Å². The van der Waals surface area contributed by atoms with Gasteiger partial charge in [-0.1, -0.05) is 0 Å². The summed E-state index contributed by atoms with van der Waals surface area (Å²) in [5, 5.41) is 11.5. The number of rotatable bonds is 5. The Labute approximate surface area is 165 Å². The molecule has 136 valence electrons. The first-order valence-corrected chi connectivity index (χ1v) is 10.4. The van der Waals surface area contributed by atoms with Crippen LogP contribution < -0.4 is 5.32 Å². The molecule has 7 nitrogen and oxygen atoms in total. The predicted octanol–water partition coefficient (Wildman–Crippen LogP) is 4.36. The normalized spacial score (nSPS) is 10.7. The molecule has 4 heterocycles. The van der Waals surface area contributed by atoms with Crippen LogP contribution in [0.5, 0.6) is 0 Å². The number of methoxy groups -OCH3 is 1. The maximum Gasteiger partial charge on any atom is 0.354 e. The molecule has 0 aromatic carbocycles. The van der Waals surface area contributed by atoms with Gasteiger partial charge >= 0.3 is 5.97 Å². The zero-order valence-electron chi connectivity index (χ0n) is 13.9. The average Bonchev–Trinajstić information content (AvgIpc) is 3.47. The minimum atomic E-state index is -0.449. The fourth-order valence-corrected chi connectivity index (χ4v) is 4.52. The number of esters is 1. The molecule has 0 radical (unpaired) electrons. The van der Waals surface area contributed by atoms with Gasteiger partial charge in [-0.2, -0.15) is 11.3 Å². The summed E-state index contributed by atoms with van der Waals surface area (Å²) < 4.78 is 4.67. The number of thiophene rings is 1. The highest BCUT2D eigenvalue weighted by molar-refractivity contribution is 7.14. The minimum Gasteiger partial charge on any atom is -0.464 e. The van der Waals surface area contributed by atoms with Crippen molar-refractivity contribution in [3.05, 3.63) is 51.2 Å². The second-order valence-corrected chi connectivity index (χ2v) is 7.83. The van der Waals surface area contributed by atoms with E-state index >= 15 is 0 Å². The number of H-pyrrole nitrogens is 1. The topological polar surface area (TPSA) is 97.0 Å². The van der Waals surface area contributed by atoms with E-state index in [1.165, 1.54) is 29.8 Å². The Morgan fingerprint density at radius 1 is 1.15 bits per heavy atom. The van der Waals surface area contributed by atoms with E-state index in [-0.39, 0.29) is 5.91 Å². The van der Waals surface area contributed by atoms with E-state index in [1.54, 1.807) is 34.4 Å². The number of hydrogen-bond acceptors (Lipinski definition) is 8. The average molecular weight is 417 g/mol. The smallest absolute Gasteiger partial charge is 0.354 e. The molecule has 27 heavy (non-hydrogen) atoms. The van der Waals surface area contributed by atoms with Gasteiger partial charge in [0.1, 0.15) is 16.4 Å². The molecular formula is C17H12N4O3S3. The van der Waals surface area contributed by atoms with Crippen LogP contribution in [0.3, 0.4) is 0 Å². The lowest BCUT2D eigenvalue weighted by molar-refractivity contribution is 0.0594. The summed E-state index contributed by atoms with van der Waals surface area (Å²) >= 11 is 4.31. The van der Waals surface area contributed by atoms with Crippen molar-refractivity contribution in [2.45, 2.75) is 0 Å². The SMILES string of the molecule is COC(=O)c1cc(-c2csc(NC(=O)c3csc(-c4ccsc4)n3)n2)c[nH]1. The summed E-state index contributed by atoms with van der Waals surface area (Å²) in [7, 11) is 1.32. The van der Waals surface area contributed by atoms with E-state index in [9.17, 15) is 9.59 Å². The monoisotopic (exact) mass is 416 g/mol. The lowest BCUT2D eigenvalue weighted by atomic mass is 10.2. The lowest BCUT2D eigenvalue weighted by Crippen LogP contribution is -2.12. The summed E-state index contributed by atoms with van der Waals surface area (Å²) in [6, 6.07) is 3.62. The van der Waals surface area contributed by atoms with Crippen molar-refractivity contribution in [1.29, 1.82) is 0 Å². The van der Waals surface area contributed by atoms with E-state index in [2.05, 4.69) is 25.0 Å². The van der Waals surface area contributed by atoms with Crippen molar-refractivity contribution in [1.82, 2.24) is 15.0 Å². The Balaban J connectivity index is 1.47. The zero-order chi connectivity index (χ0) is 18.8. The maximum absolute atomic E-state index is 12.4. The number of nitrogens with one attached hydrogen (secondary N) is 2. The number of nitrogens with zero attached hydrogens (tertiary/aromatic N) is 2. The first kappa shape index (κ1) is 17.6. The number of anilines is 1. The molecule has 2 N–H and O–H groups in total. The number of carbonyl (C=O) groups excluding carboxylic acids is 2. The Morgan fingerprint density at radius 3 is 2.81 bits per heavy atom. The van der Waals surface area contributed by atoms with Crippen LogP contribution in [0.2, 0.25) is 0 Å². The highest BCUT2D eigenvalue weighted by Gasteiger charge is 2.16. The number of carbonyl (C=O) groups is 2. The van der Waals surface area contributed by atoms with Crippen LogP contribution in [-0.4, -0.2) is 33.9 Å². The van der Waals surface area contributed by atoms with Crippen LogP contribution in [0.1, 0.15) is 21.0 Å². The van der Waals surface area contributed by atoms with Gasteiger partial charge in [-0.25, -0.2) is 14.8 Å². The molecule has 4 aromatic rings. The summed E-state index contributed by atoms with van der Waals surface area (Å²) in [5.41, 5.74) is 3.09. The summed E-state index contributed by atoms with van der Waals surface area (Å²) in [5.74, 6) is -0.757. The summed E-state index contributed by atoms with van der Waals surface area (Å²) in [6.45, 7) is 0. The molecule has 0 saturated carbocycles. The van der Waals surface area contributed by atoms with Gasteiger partial charge in [-0.3, -0.25) is 10.1 Å². The van der Waals surface area contributed by atoms with Crippen LogP contribution in [-0.2, 0) is 4.74 Å². The van der Waals surface area contributed by atoms with E-state index in [0.717, 1.165) is 16.1 Å². The lowest BCUT2D eigenvalue weighted by Gasteiger charge is -1.97. The molecule has 10 heteroatoms. The molecule has 0 unspecified atom stereocenters. The highest BCUT2D eigenvalue weighted by Crippen LogP contribution is 2.28. The molecule has 0 atom stereocenters. The van der Waals surface area contributed by atoms with Crippen LogP contribution in [0.25, 0.3) is 21.8 Å². The zero-order valence-corrected chi connectivity index (χ0v) is 16.3. The molecule has 0 aliphatic rings. The summed E-state index contributed by atoms with van der Waals surface area (Å²) in [6.07, 6.45) is 1.67. The third kappa shape index (κ3) is 3.68. The number of amides is 1. The Bertz CT molecular complexity index is 1090. The Kier molecular flexibility index (Phi) is 4.84. The molecular weight excluding hydrogens is 404 g/mol. The molecule has 1 amide bonds. The third-order valence-corrected chi connectivity index (χ3v) is 5.95. The van der Waals surface area contributed by atoms with Gasteiger partial charge in [0, 0.05) is 33.5 Å². The second-order valence-electron chi connectivity index (χ2n) is 5.34. The van der Waals surface area contributed by atoms with Crippen LogP contribution in [0.15, 0.2) is 39.8 Å². The van der Waals surface area contributed by atoms with E-state index in [4.69, 9.17) is 0 Å². The van der Waals surface area contributed by atoms with Crippen LogP contribution in [0, 0.1) is 0 Å². The fourth-order valence-electron chi connectivity index (χ4n) is 2.29. The van der Waals surface area contributed by atoms with Crippen molar-refractivity contribution in [2.24, 2.45) is 0 Å². The van der Waals surface area contributed by atoms with Crippen molar-refractivity contribution < 1.29 is 14.3 Å². The third-order valence-electron chi connectivity index (χ3n) is 3.61. The Morgan fingerprint density at radius 2 is 2.04 bits per heavy atom. The van der Waals surface area contributed by atoms with Gasteiger partial charge in [0.2, 0.25) is 0 Å². The number of thiazole rings is 2. The van der Waals surface area contributed by atoms with Gasteiger partial charge in [0.05, 0.1) is 12.8 Å². The minimum absolute atomic E-state index is 0.307. The molecule has 0 spiro atoms. The van der Waals surface area contributed by atoms with E-state index < -0.39 is 5.97 Å². The van der Waals surface area contributed by atoms with Gasteiger partial charge in [0.25, 0.3) is 5.91 Å². The van der Waals surface area contributed by atoms with Crippen LogP contribution >= 0.6 is 34.0 Å². The standard InChI is InChI=1S/C17H12N4O3S3/c1-24-16(23)11-4-10(5-18-11)12-7-27-17(20-12)21-14(22)13-8-26-15(19-13)9-2-3-25-6-9/h2-8,18H,1H3,(H,20,21,22). The first-order chi connectivity index (χ1) is 13.1. The highest BCUT2D eigenvalue weighted by atomic mass is 32.1. The van der Waals surface area contributed by atoms with Crippen molar-refractivity contribution in [3.63, 3.8) is 0 Å². The molecule has 0 bridgehead atoms. The van der Waals surface area contributed by atoms with Gasteiger partial charge < -0.3 is 9.72 Å². The summed E-state index contributed by atoms with van der Waals surface area (Å²) in [4.78, 5) is 35.5. The van der Waals surface area contributed by atoms with Crippen molar-refractivity contribution in [3.8, 4) is 21.8 Å². The van der Waals surface area contributed by atoms with Gasteiger partial charge in [0.15, 0.2) is 5.13 Å². The number of aromatic amines is 1. The molecule has 0 fully saturated rings. The molecule has 4 rings (SSSR count). The number of hydrogen-bond donors (Lipinski definition) is 2. The van der Waals surface area contributed by atoms with E-state index in [0.29, 0.717) is 22.2 Å². The fraction of sp³-hybridized carbons (Fsp3) is 0.0588. The first-order valence-electron chi connectivity index (χ1n) is 7.66. The van der Waals surface area contributed by atoms with Crippen LogP contribution in [0.4, 0.5) is 5.13 Å². The molecule has 0 aliphatic carbocycles. The molecule has 4 aromatic heterocycles. The second kappa shape index (κ2) is 7.43. The van der Waals surface area contributed by atoms with Crippen molar-refractivity contribution in [2.75, 3.05) is 12.4 Å². The maximum atomic E-state index is 12.4. The largest absolute Gasteiger partial charge is 0.464 e. The molecule has 0 saturated heterocycles. The van der Waals surface area contributed by atoms with Gasteiger partial charge in [-0.05, 0) is 17.5 Å². The Hall–Kier alpha value is -2.82.